The van der Waals surface area contributed by atoms with Crippen molar-refractivity contribution in [3.05, 3.63) is 30.5 Å². The van der Waals surface area contributed by atoms with Crippen LogP contribution in [0.3, 0.4) is 0 Å². The summed E-state index contributed by atoms with van der Waals surface area (Å²) in [4.78, 5) is 16.0. The van der Waals surface area contributed by atoms with Crippen molar-refractivity contribution in [2.24, 2.45) is 0 Å². The van der Waals surface area contributed by atoms with Gasteiger partial charge in [-0.15, -0.1) is 0 Å². The number of amides is 1. The molecule has 0 fully saturated rings. The molecule has 2 rings (SSSR count). The predicted octanol–water partition coefficient (Wildman–Crippen LogP) is 0.565. The minimum absolute atomic E-state index is 0.0644. The molecule has 0 aromatic carbocycles. The Morgan fingerprint density at radius 3 is 2.90 bits per heavy atom. The molecule has 1 atom stereocenters. The van der Waals surface area contributed by atoms with Gasteiger partial charge in [0, 0.05) is 31.0 Å². The number of nitrogens with two attached hydrogens (primary N) is 1. The lowest BCUT2D eigenvalue weighted by Gasteiger charge is -2.17. The molecule has 7 heteroatoms. The van der Waals surface area contributed by atoms with Crippen LogP contribution in [0.25, 0.3) is 0 Å². The van der Waals surface area contributed by atoms with Gasteiger partial charge in [0.2, 0.25) is 5.91 Å². The number of hydrogen-bond acceptors (Lipinski definition) is 4. The van der Waals surface area contributed by atoms with E-state index in [9.17, 15) is 4.79 Å². The molecule has 0 radical (unpaired) electrons. The molecule has 0 aliphatic heterocycles. The number of nitrogens with one attached hydrogen (secondary N) is 1. The van der Waals surface area contributed by atoms with Crippen LogP contribution in [-0.4, -0.2) is 31.3 Å². The van der Waals surface area contributed by atoms with Gasteiger partial charge in [-0.05, 0) is 13.3 Å². The molecule has 0 saturated heterocycles. The van der Waals surface area contributed by atoms with Crippen LogP contribution in [0.2, 0.25) is 0 Å². The summed E-state index contributed by atoms with van der Waals surface area (Å²) in [5.74, 6) is 0.409. The van der Waals surface area contributed by atoms with Crippen LogP contribution < -0.4 is 11.1 Å². The summed E-state index contributed by atoms with van der Waals surface area (Å²) < 4.78 is 3.45. The van der Waals surface area contributed by atoms with E-state index in [0.29, 0.717) is 12.4 Å². The van der Waals surface area contributed by atoms with Crippen molar-refractivity contribution in [3.8, 4) is 0 Å². The summed E-state index contributed by atoms with van der Waals surface area (Å²) in [5.41, 5.74) is 6.58. The van der Waals surface area contributed by atoms with E-state index in [2.05, 4.69) is 15.4 Å². The maximum absolute atomic E-state index is 12.0. The van der Waals surface area contributed by atoms with Crippen molar-refractivity contribution < 1.29 is 4.79 Å². The highest BCUT2D eigenvalue weighted by Gasteiger charge is 2.13. The fraction of sp³-hybridized carbons (Fsp3) is 0.462. The highest BCUT2D eigenvalue weighted by Crippen LogP contribution is 2.05. The van der Waals surface area contributed by atoms with Gasteiger partial charge in [0.1, 0.15) is 12.4 Å². The first-order valence-corrected chi connectivity index (χ1v) is 6.63. The van der Waals surface area contributed by atoms with Crippen molar-refractivity contribution in [1.29, 1.82) is 0 Å². The molecule has 2 aromatic rings. The van der Waals surface area contributed by atoms with Gasteiger partial charge in [-0.2, -0.15) is 5.10 Å². The van der Waals surface area contributed by atoms with Crippen molar-refractivity contribution in [3.63, 3.8) is 0 Å². The van der Waals surface area contributed by atoms with Crippen molar-refractivity contribution in [2.75, 3.05) is 5.73 Å². The number of nitrogens with zero attached hydrogens (tertiary/aromatic N) is 4. The van der Waals surface area contributed by atoms with Gasteiger partial charge in [-0.25, -0.2) is 9.67 Å². The Labute approximate surface area is 117 Å². The summed E-state index contributed by atoms with van der Waals surface area (Å²) in [6.45, 7) is 4.73. The van der Waals surface area contributed by atoms with Crippen LogP contribution in [0.4, 0.5) is 5.82 Å². The van der Waals surface area contributed by atoms with Crippen LogP contribution in [0.15, 0.2) is 24.8 Å². The first kappa shape index (κ1) is 14.1. The third-order valence-corrected chi connectivity index (χ3v) is 3.07. The Hall–Kier alpha value is -2.31. The Kier molecular flexibility index (Phi) is 4.39. The van der Waals surface area contributed by atoms with E-state index in [0.717, 1.165) is 12.1 Å². The van der Waals surface area contributed by atoms with E-state index in [-0.39, 0.29) is 18.5 Å². The van der Waals surface area contributed by atoms with Gasteiger partial charge in [-0.1, -0.05) is 6.92 Å². The average molecular weight is 276 g/mol. The molecular weight excluding hydrogens is 256 g/mol. The summed E-state index contributed by atoms with van der Waals surface area (Å²) in [5, 5.41) is 7.16. The molecule has 1 amide bonds. The van der Waals surface area contributed by atoms with Gasteiger partial charge in [0.15, 0.2) is 0 Å². The summed E-state index contributed by atoms with van der Waals surface area (Å²) in [6, 6.07) is 1.81. The SMILES string of the molecule is CCC(Cn1ccnc1)NC(=O)Cn1nc(C)cc1N. The average Bonchev–Trinajstić information content (AvgIpc) is 2.99. The summed E-state index contributed by atoms with van der Waals surface area (Å²) in [7, 11) is 0. The van der Waals surface area contributed by atoms with Crippen LogP contribution in [0, 0.1) is 6.92 Å². The second kappa shape index (κ2) is 6.23. The van der Waals surface area contributed by atoms with Crippen LogP contribution in [0.5, 0.6) is 0 Å². The van der Waals surface area contributed by atoms with Crippen LogP contribution in [0.1, 0.15) is 19.0 Å². The largest absolute Gasteiger partial charge is 0.384 e. The number of imidazole rings is 1. The van der Waals surface area contributed by atoms with Gasteiger partial charge in [0.05, 0.1) is 12.0 Å². The topological polar surface area (TPSA) is 90.8 Å². The number of rotatable bonds is 6. The number of aromatic nitrogens is 4. The minimum Gasteiger partial charge on any atom is -0.384 e. The highest BCUT2D eigenvalue weighted by atomic mass is 16.2. The van der Waals surface area contributed by atoms with Gasteiger partial charge >= 0.3 is 0 Å². The Morgan fingerprint density at radius 2 is 2.35 bits per heavy atom. The highest BCUT2D eigenvalue weighted by molar-refractivity contribution is 5.76. The number of carbonyl (C=O) groups excluding carboxylic acids is 1. The molecule has 3 N–H and O–H groups in total. The Bertz CT molecular complexity index is 559. The molecular formula is C13H20N6O. The maximum atomic E-state index is 12.0. The molecule has 0 saturated carbocycles. The second-order valence-electron chi connectivity index (χ2n) is 4.80. The first-order valence-electron chi connectivity index (χ1n) is 6.63. The standard InChI is InChI=1S/C13H20N6O/c1-3-11(7-18-5-4-15-9-18)16-13(20)8-19-12(14)6-10(2)17-19/h4-6,9,11H,3,7-8,14H2,1-2H3,(H,16,20). The molecule has 2 aromatic heterocycles. The fourth-order valence-corrected chi connectivity index (χ4v) is 2.03. The zero-order chi connectivity index (χ0) is 14.5. The molecule has 0 bridgehead atoms. The van der Waals surface area contributed by atoms with E-state index < -0.39 is 0 Å². The minimum atomic E-state index is -0.0910. The molecule has 0 aliphatic carbocycles. The van der Waals surface area contributed by atoms with Gasteiger partial charge in [0.25, 0.3) is 0 Å². The Balaban J connectivity index is 1.90. The molecule has 2 heterocycles. The monoisotopic (exact) mass is 276 g/mol. The lowest BCUT2D eigenvalue weighted by atomic mass is 10.2. The maximum Gasteiger partial charge on any atom is 0.242 e. The van der Waals surface area contributed by atoms with Crippen LogP contribution in [-0.2, 0) is 17.9 Å². The van der Waals surface area contributed by atoms with Crippen molar-refractivity contribution in [1.82, 2.24) is 24.6 Å². The summed E-state index contributed by atoms with van der Waals surface area (Å²) in [6.07, 6.45) is 6.19. The molecule has 0 aliphatic rings. The zero-order valence-corrected chi connectivity index (χ0v) is 11.8. The van der Waals surface area contributed by atoms with Gasteiger partial charge < -0.3 is 15.6 Å². The third-order valence-electron chi connectivity index (χ3n) is 3.07. The van der Waals surface area contributed by atoms with E-state index in [1.165, 1.54) is 4.68 Å². The van der Waals surface area contributed by atoms with Crippen molar-refractivity contribution >= 4 is 11.7 Å². The smallest absolute Gasteiger partial charge is 0.242 e. The number of aryl methyl sites for hydroxylation is 1. The summed E-state index contributed by atoms with van der Waals surface area (Å²) >= 11 is 0. The molecule has 7 nitrogen and oxygen atoms in total. The second-order valence-corrected chi connectivity index (χ2v) is 4.80. The predicted molar refractivity (Wildman–Crippen MR) is 75.8 cm³/mol. The molecule has 1 unspecified atom stereocenters. The third kappa shape index (κ3) is 3.59. The first-order chi connectivity index (χ1) is 9.58. The number of anilines is 1. The Morgan fingerprint density at radius 1 is 1.55 bits per heavy atom. The van der Waals surface area contributed by atoms with E-state index >= 15 is 0 Å². The number of carbonyl (C=O) groups is 1. The normalized spacial score (nSPS) is 12.3. The van der Waals surface area contributed by atoms with Crippen LogP contribution >= 0.6 is 0 Å². The van der Waals surface area contributed by atoms with E-state index in [4.69, 9.17) is 5.73 Å². The number of hydrogen-bond donors (Lipinski definition) is 2. The number of nitrogen functional groups attached to an aromatic ring is 1. The molecule has 0 spiro atoms. The lowest BCUT2D eigenvalue weighted by molar-refractivity contribution is -0.122. The zero-order valence-electron chi connectivity index (χ0n) is 11.8. The lowest BCUT2D eigenvalue weighted by Crippen LogP contribution is -2.39. The molecule has 20 heavy (non-hydrogen) atoms. The van der Waals surface area contributed by atoms with Crippen molar-refractivity contribution in [2.45, 2.75) is 39.4 Å². The molecule has 108 valence electrons. The fourth-order valence-electron chi connectivity index (χ4n) is 2.03. The van der Waals surface area contributed by atoms with Gasteiger partial charge in [-0.3, -0.25) is 4.79 Å². The van der Waals surface area contributed by atoms with E-state index in [1.807, 2.05) is 24.6 Å². The van der Waals surface area contributed by atoms with E-state index in [1.54, 1.807) is 18.6 Å². The quantitative estimate of drug-likeness (QED) is 0.806.